The topological polar surface area (TPSA) is 86.0 Å². The fourth-order valence-electron chi connectivity index (χ4n) is 1.71. The third kappa shape index (κ3) is 2.71. The van der Waals surface area contributed by atoms with E-state index in [1.807, 2.05) is 0 Å². The molecule has 0 aliphatic heterocycles. The number of rotatable bonds is 5. The van der Waals surface area contributed by atoms with Crippen LogP contribution in [0.2, 0.25) is 0 Å². The number of hydrogen-bond acceptors (Lipinski definition) is 6. The third-order valence-electron chi connectivity index (χ3n) is 2.88. The Bertz CT molecular complexity index is 353. The summed E-state index contributed by atoms with van der Waals surface area (Å²) in [4.78, 5) is 11.9. The minimum atomic E-state index is 0.179. The quantitative estimate of drug-likeness (QED) is 0.776. The van der Waals surface area contributed by atoms with Crippen LogP contribution in [0.1, 0.15) is 25.7 Å². The molecule has 0 radical (unpaired) electrons. The van der Waals surface area contributed by atoms with Crippen LogP contribution in [0.5, 0.6) is 6.01 Å². The standard InChI is InChI=1S/C10H17N5O/c1-16-10-14-8(11)13-9(15-10)12-6-5-7-3-2-4-7/h7H,2-6H2,1H3,(H3,11,12,13,14,15). The van der Waals surface area contributed by atoms with Gasteiger partial charge in [-0.3, -0.25) is 0 Å². The molecule has 0 amide bonds. The zero-order valence-electron chi connectivity index (χ0n) is 9.44. The number of nitrogen functional groups attached to an aromatic ring is 1. The van der Waals surface area contributed by atoms with E-state index in [1.54, 1.807) is 0 Å². The summed E-state index contributed by atoms with van der Waals surface area (Å²) in [5.41, 5.74) is 5.52. The van der Waals surface area contributed by atoms with Crippen LogP contribution in [0, 0.1) is 5.92 Å². The van der Waals surface area contributed by atoms with Crippen LogP contribution >= 0.6 is 0 Å². The second-order valence-corrected chi connectivity index (χ2v) is 4.02. The van der Waals surface area contributed by atoms with Crippen LogP contribution in [0.25, 0.3) is 0 Å². The van der Waals surface area contributed by atoms with Crippen molar-refractivity contribution in [2.45, 2.75) is 25.7 Å². The molecule has 0 saturated heterocycles. The summed E-state index contributed by atoms with van der Waals surface area (Å²) in [6, 6.07) is 0.249. The number of ether oxygens (including phenoxy) is 1. The number of nitrogens with zero attached hydrogens (tertiary/aromatic N) is 3. The lowest BCUT2D eigenvalue weighted by Crippen LogP contribution is -2.17. The first-order valence-corrected chi connectivity index (χ1v) is 5.57. The zero-order chi connectivity index (χ0) is 11.4. The monoisotopic (exact) mass is 223 g/mol. The minimum Gasteiger partial charge on any atom is -0.467 e. The van der Waals surface area contributed by atoms with Gasteiger partial charge >= 0.3 is 6.01 Å². The van der Waals surface area contributed by atoms with E-state index in [-0.39, 0.29) is 12.0 Å². The Morgan fingerprint density at radius 1 is 1.38 bits per heavy atom. The number of anilines is 2. The van der Waals surface area contributed by atoms with Crippen molar-refractivity contribution in [2.75, 3.05) is 24.7 Å². The van der Waals surface area contributed by atoms with Gasteiger partial charge in [0.2, 0.25) is 11.9 Å². The summed E-state index contributed by atoms with van der Waals surface area (Å²) in [7, 11) is 1.51. The predicted molar refractivity (Wildman–Crippen MR) is 61.2 cm³/mol. The Labute approximate surface area is 94.6 Å². The van der Waals surface area contributed by atoms with Crippen molar-refractivity contribution in [3.05, 3.63) is 0 Å². The van der Waals surface area contributed by atoms with Gasteiger partial charge in [0.15, 0.2) is 0 Å². The van der Waals surface area contributed by atoms with Crippen molar-refractivity contribution in [2.24, 2.45) is 5.92 Å². The summed E-state index contributed by atoms with van der Waals surface area (Å²) < 4.78 is 4.91. The van der Waals surface area contributed by atoms with E-state index in [9.17, 15) is 0 Å². The maximum atomic E-state index is 5.52. The number of hydrogen-bond donors (Lipinski definition) is 2. The molecule has 6 heteroatoms. The molecule has 6 nitrogen and oxygen atoms in total. The van der Waals surface area contributed by atoms with E-state index < -0.39 is 0 Å². The van der Waals surface area contributed by atoms with Crippen molar-refractivity contribution in [3.8, 4) is 6.01 Å². The number of nitrogens with two attached hydrogens (primary N) is 1. The molecular weight excluding hydrogens is 206 g/mol. The summed E-state index contributed by atoms with van der Waals surface area (Å²) in [6.45, 7) is 0.872. The number of nitrogens with one attached hydrogen (secondary N) is 1. The largest absolute Gasteiger partial charge is 0.467 e. The molecule has 1 fully saturated rings. The van der Waals surface area contributed by atoms with Gasteiger partial charge in [-0.1, -0.05) is 19.3 Å². The van der Waals surface area contributed by atoms with Crippen molar-refractivity contribution in [3.63, 3.8) is 0 Å². The van der Waals surface area contributed by atoms with Crippen LogP contribution in [-0.2, 0) is 0 Å². The van der Waals surface area contributed by atoms with Gasteiger partial charge in [0.1, 0.15) is 0 Å². The highest BCUT2D eigenvalue weighted by Gasteiger charge is 2.16. The van der Waals surface area contributed by atoms with Crippen LogP contribution in [0.4, 0.5) is 11.9 Å². The normalized spacial score (nSPS) is 15.6. The van der Waals surface area contributed by atoms with Gasteiger partial charge in [0, 0.05) is 6.54 Å². The molecule has 0 spiro atoms. The molecule has 1 aromatic heterocycles. The molecular formula is C10H17N5O. The van der Waals surface area contributed by atoms with Gasteiger partial charge < -0.3 is 15.8 Å². The molecule has 0 bridgehead atoms. The lowest BCUT2D eigenvalue weighted by molar-refractivity contribution is 0.302. The van der Waals surface area contributed by atoms with E-state index in [0.717, 1.165) is 18.9 Å². The summed E-state index contributed by atoms with van der Waals surface area (Å²) in [5, 5.41) is 3.14. The first-order valence-electron chi connectivity index (χ1n) is 5.57. The number of methoxy groups -OCH3 is 1. The van der Waals surface area contributed by atoms with E-state index in [4.69, 9.17) is 10.5 Å². The minimum absolute atomic E-state index is 0.179. The van der Waals surface area contributed by atoms with Gasteiger partial charge in [-0.2, -0.15) is 15.0 Å². The van der Waals surface area contributed by atoms with E-state index in [1.165, 1.54) is 26.4 Å². The molecule has 3 N–H and O–H groups in total. The molecule has 2 rings (SSSR count). The highest BCUT2D eigenvalue weighted by Crippen LogP contribution is 2.29. The summed E-state index contributed by atoms with van der Waals surface area (Å²) in [6.07, 6.45) is 5.24. The van der Waals surface area contributed by atoms with Gasteiger partial charge in [0.25, 0.3) is 0 Å². The molecule has 1 aliphatic carbocycles. The molecule has 88 valence electrons. The molecule has 1 saturated carbocycles. The second-order valence-electron chi connectivity index (χ2n) is 4.02. The van der Waals surface area contributed by atoms with Crippen LogP contribution in [0.15, 0.2) is 0 Å². The fourth-order valence-corrected chi connectivity index (χ4v) is 1.71. The fraction of sp³-hybridized carbons (Fsp3) is 0.700. The summed E-state index contributed by atoms with van der Waals surface area (Å²) >= 11 is 0. The van der Waals surface area contributed by atoms with Gasteiger partial charge in [-0.15, -0.1) is 0 Å². The average molecular weight is 223 g/mol. The third-order valence-corrected chi connectivity index (χ3v) is 2.88. The Balaban J connectivity index is 1.84. The molecule has 16 heavy (non-hydrogen) atoms. The first kappa shape index (κ1) is 10.9. The van der Waals surface area contributed by atoms with Gasteiger partial charge in [-0.05, 0) is 12.3 Å². The maximum Gasteiger partial charge on any atom is 0.322 e. The van der Waals surface area contributed by atoms with Crippen LogP contribution < -0.4 is 15.8 Å². The Morgan fingerprint density at radius 2 is 2.19 bits per heavy atom. The average Bonchev–Trinajstić information content (AvgIpc) is 2.21. The molecule has 0 aromatic carbocycles. The van der Waals surface area contributed by atoms with E-state index >= 15 is 0 Å². The highest BCUT2D eigenvalue weighted by molar-refractivity contribution is 5.32. The van der Waals surface area contributed by atoms with E-state index in [0.29, 0.717) is 5.95 Å². The van der Waals surface area contributed by atoms with Crippen molar-refractivity contribution >= 4 is 11.9 Å². The molecule has 1 aliphatic rings. The Hall–Kier alpha value is -1.59. The van der Waals surface area contributed by atoms with Crippen LogP contribution in [0.3, 0.4) is 0 Å². The summed E-state index contributed by atoms with van der Waals surface area (Å²) in [5.74, 6) is 1.54. The molecule has 0 unspecified atom stereocenters. The predicted octanol–water partition coefficient (Wildman–Crippen LogP) is 1.06. The van der Waals surface area contributed by atoms with Crippen LogP contribution in [-0.4, -0.2) is 28.6 Å². The highest BCUT2D eigenvalue weighted by atomic mass is 16.5. The van der Waals surface area contributed by atoms with Crippen molar-refractivity contribution < 1.29 is 4.74 Å². The smallest absolute Gasteiger partial charge is 0.322 e. The Kier molecular flexibility index (Phi) is 3.38. The second kappa shape index (κ2) is 4.96. The molecule has 0 atom stereocenters. The lowest BCUT2D eigenvalue weighted by Gasteiger charge is -2.25. The molecule has 1 aromatic rings. The van der Waals surface area contributed by atoms with Crippen molar-refractivity contribution in [1.82, 2.24) is 15.0 Å². The van der Waals surface area contributed by atoms with E-state index in [2.05, 4.69) is 20.3 Å². The molecule has 1 heterocycles. The van der Waals surface area contributed by atoms with Gasteiger partial charge in [0.05, 0.1) is 7.11 Å². The van der Waals surface area contributed by atoms with Gasteiger partial charge in [-0.25, -0.2) is 0 Å². The Morgan fingerprint density at radius 3 is 2.81 bits per heavy atom. The maximum absolute atomic E-state index is 5.52. The lowest BCUT2D eigenvalue weighted by atomic mass is 9.83. The SMILES string of the molecule is COc1nc(N)nc(NCCC2CCC2)n1. The number of aromatic nitrogens is 3. The van der Waals surface area contributed by atoms with Crippen molar-refractivity contribution in [1.29, 1.82) is 0 Å². The zero-order valence-corrected chi connectivity index (χ0v) is 9.44. The first-order chi connectivity index (χ1) is 7.78.